The van der Waals surface area contributed by atoms with Crippen molar-refractivity contribution in [3.63, 3.8) is 0 Å². The molecule has 1 unspecified atom stereocenters. The molecule has 1 aliphatic carbocycles. The van der Waals surface area contributed by atoms with Crippen molar-refractivity contribution in [2.75, 3.05) is 0 Å². The number of hydrogen-bond donors (Lipinski definition) is 0. The van der Waals surface area contributed by atoms with Crippen molar-refractivity contribution in [1.29, 1.82) is 0 Å². The lowest BCUT2D eigenvalue weighted by molar-refractivity contribution is 0.404. The molecule has 17 heavy (non-hydrogen) atoms. The molecule has 0 fully saturated rings. The minimum Gasteiger partial charge on any atom is -0.347 e. The third kappa shape index (κ3) is 1.30. The Morgan fingerprint density at radius 1 is 1.24 bits per heavy atom. The molecule has 0 N–H and O–H groups in total. The molecule has 4 rings (SSSR count). The summed E-state index contributed by atoms with van der Waals surface area (Å²) in [7, 11) is 0. The van der Waals surface area contributed by atoms with Crippen molar-refractivity contribution in [2.24, 2.45) is 4.99 Å². The molecule has 2 aliphatic heterocycles. The summed E-state index contributed by atoms with van der Waals surface area (Å²) < 4.78 is 2.62. The molecule has 0 radical (unpaired) electrons. The second-order valence-corrected chi connectivity index (χ2v) is 5.46. The molecule has 0 amide bonds. The van der Waals surface area contributed by atoms with Gasteiger partial charge in [0.1, 0.15) is 0 Å². The third-order valence-electron chi connectivity index (χ3n) is 4.58. The molecule has 3 aliphatic rings. The minimum atomic E-state index is 0.852. The zero-order valence-corrected chi connectivity index (χ0v) is 10.2. The normalized spacial score (nSPS) is 25.3. The van der Waals surface area contributed by atoms with E-state index < -0.39 is 0 Å². The van der Waals surface area contributed by atoms with E-state index in [1.54, 1.807) is 11.3 Å². The van der Waals surface area contributed by atoms with E-state index in [0.717, 1.165) is 12.3 Å². The number of rotatable bonds is 0. The summed E-state index contributed by atoms with van der Waals surface area (Å²) in [5.41, 5.74) is 6.37. The van der Waals surface area contributed by atoms with Gasteiger partial charge >= 0.3 is 0 Å². The first-order chi connectivity index (χ1) is 8.45. The number of fused-ring (bicyclic) bond motifs is 3. The smallest absolute Gasteiger partial charge is 0.0307 e. The second-order valence-electron chi connectivity index (χ2n) is 5.46. The van der Waals surface area contributed by atoms with E-state index >= 15 is 0 Å². The van der Waals surface area contributed by atoms with E-state index in [2.05, 4.69) is 21.9 Å². The van der Waals surface area contributed by atoms with Crippen LogP contribution in [0.4, 0.5) is 0 Å². The lowest BCUT2D eigenvalue weighted by Gasteiger charge is -2.30. The van der Waals surface area contributed by atoms with Gasteiger partial charge in [0, 0.05) is 42.3 Å². The topological polar surface area (TPSA) is 17.3 Å². The summed E-state index contributed by atoms with van der Waals surface area (Å²) in [4.78, 5) is 4.30. The first kappa shape index (κ1) is 9.69. The molecular formula is C15H18N2. The van der Waals surface area contributed by atoms with Crippen LogP contribution in [0.3, 0.4) is 0 Å². The van der Waals surface area contributed by atoms with Crippen LogP contribution < -0.4 is 0 Å². The van der Waals surface area contributed by atoms with Crippen molar-refractivity contribution in [3.05, 3.63) is 28.7 Å². The molecule has 88 valence electrons. The quantitative estimate of drug-likeness (QED) is 0.646. The maximum absolute atomic E-state index is 4.30. The Morgan fingerprint density at radius 3 is 3.18 bits per heavy atom. The largest absolute Gasteiger partial charge is 0.347 e. The van der Waals surface area contributed by atoms with Crippen molar-refractivity contribution in [1.82, 2.24) is 4.57 Å². The van der Waals surface area contributed by atoms with E-state index in [9.17, 15) is 0 Å². The fraction of sp³-hybridized carbons (Fsp3) is 0.533. The van der Waals surface area contributed by atoms with Gasteiger partial charge in [-0.05, 0) is 49.7 Å². The van der Waals surface area contributed by atoms with E-state index in [4.69, 9.17) is 0 Å². The highest BCUT2D eigenvalue weighted by Gasteiger charge is 2.31. The Balaban J connectivity index is 1.99. The SMILES string of the molecule is C1=Cc2c3c4n(c2CC=N1)CCCC4CCC3. The summed E-state index contributed by atoms with van der Waals surface area (Å²) in [5.74, 6) is 0.852. The maximum atomic E-state index is 4.30. The summed E-state index contributed by atoms with van der Waals surface area (Å²) >= 11 is 0. The van der Waals surface area contributed by atoms with Gasteiger partial charge in [-0.25, -0.2) is 0 Å². The summed E-state index contributed by atoms with van der Waals surface area (Å²) in [6.45, 7) is 1.23. The average molecular weight is 226 g/mol. The Bertz CT molecular complexity index is 518. The van der Waals surface area contributed by atoms with Gasteiger partial charge in [0.05, 0.1) is 0 Å². The van der Waals surface area contributed by atoms with Crippen LogP contribution in [-0.4, -0.2) is 10.8 Å². The van der Waals surface area contributed by atoms with E-state index in [1.165, 1.54) is 49.9 Å². The van der Waals surface area contributed by atoms with Crippen LogP contribution in [0.25, 0.3) is 6.08 Å². The lowest BCUT2D eigenvalue weighted by Crippen LogP contribution is -2.20. The molecule has 0 aromatic carbocycles. The Morgan fingerprint density at radius 2 is 2.18 bits per heavy atom. The zero-order valence-electron chi connectivity index (χ0n) is 10.2. The van der Waals surface area contributed by atoms with Gasteiger partial charge in [-0.2, -0.15) is 0 Å². The number of aliphatic imine (C=N–C) groups is 1. The summed E-state index contributed by atoms with van der Waals surface area (Å²) in [6, 6.07) is 0. The van der Waals surface area contributed by atoms with Crippen LogP contribution >= 0.6 is 0 Å². The third-order valence-corrected chi connectivity index (χ3v) is 4.58. The van der Waals surface area contributed by atoms with Crippen molar-refractivity contribution in [2.45, 2.75) is 51.0 Å². The summed E-state index contributed by atoms with van der Waals surface area (Å²) in [6.07, 6.45) is 14.1. The van der Waals surface area contributed by atoms with E-state index in [1.807, 2.05) is 6.20 Å². The maximum Gasteiger partial charge on any atom is 0.0307 e. The van der Waals surface area contributed by atoms with Gasteiger partial charge < -0.3 is 4.57 Å². The predicted molar refractivity (Wildman–Crippen MR) is 70.6 cm³/mol. The van der Waals surface area contributed by atoms with E-state index in [0.29, 0.717) is 0 Å². The first-order valence-electron chi connectivity index (χ1n) is 6.87. The zero-order chi connectivity index (χ0) is 11.2. The van der Waals surface area contributed by atoms with Crippen LogP contribution in [0.2, 0.25) is 0 Å². The molecule has 0 saturated heterocycles. The minimum absolute atomic E-state index is 0.852. The van der Waals surface area contributed by atoms with Crippen LogP contribution in [0.15, 0.2) is 11.2 Å². The fourth-order valence-electron chi connectivity index (χ4n) is 3.92. The number of aromatic nitrogens is 1. The first-order valence-corrected chi connectivity index (χ1v) is 6.87. The monoisotopic (exact) mass is 226 g/mol. The highest BCUT2D eigenvalue weighted by atomic mass is 15.0. The highest BCUT2D eigenvalue weighted by Crippen LogP contribution is 2.43. The molecule has 2 nitrogen and oxygen atoms in total. The van der Waals surface area contributed by atoms with Gasteiger partial charge in [-0.15, -0.1) is 0 Å². The van der Waals surface area contributed by atoms with Gasteiger partial charge in [-0.1, -0.05) is 0 Å². The number of nitrogens with zero attached hydrogens (tertiary/aromatic N) is 2. The van der Waals surface area contributed by atoms with Gasteiger partial charge in [0.25, 0.3) is 0 Å². The van der Waals surface area contributed by atoms with Crippen molar-refractivity contribution < 1.29 is 0 Å². The Labute approximate surface area is 102 Å². The molecule has 0 spiro atoms. The second kappa shape index (κ2) is 3.59. The molecule has 0 saturated carbocycles. The lowest BCUT2D eigenvalue weighted by atomic mass is 9.82. The summed E-state index contributed by atoms with van der Waals surface area (Å²) in [5, 5.41) is 0. The van der Waals surface area contributed by atoms with Crippen molar-refractivity contribution >= 4 is 12.3 Å². The molecule has 2 heteroatoms. The standard InChI is InChI=1S/C15H18N2/c1-3-11-4-2-10-17-14-7-9-16-8-6-12(14)13(5-1)15(11)17/h6,8-9,11H,1-5,7,10H2. The molecular weight excluding hydrogens is 208 g/mol. The van der Waals surface area contributed by atoms with Gasteiger partial charge in [0.2, 0.25) is 0 Å². The van der Waals surface area contributed by atoms with Crippen molar-refractivity contribution in [3.8, 4) is 0 Å². The average Bonchev–Trinajstić information content (AvgIpc) is 2.55. The van der Waals surface area contributed by atoms with Crippen LogP contribution in [-0.2, 0) is 19.4 Å². The highest BCUT2D eigenvalue weighted by molar-refractivity contribution is 5.72. The van der Waals surface area contributed by atoms with Crippen LogP contribution in [0.1, 0.15) is 54.1 Å². The molecule has 1 aromatic heterocycles. The molecule has 1 aromatic rings. The van der Waals surface area contributed by atoms with Crippen LogP contribution in [0, 0.1) is 0 Å². The molecule has 1 atom stereocenters. The Kier molecular flexibility index (Phi) is 2.05. The molecule has 0 bridgehead atoms. The predicted octanol–water partition coefficient (Wildman–Crippen LogP) is 3.30. The Hall–Kier alpha value is -1.31. The number of hydrogen-bond acceptors (Lipinski definition) is 1. The molecule has 3 heterocycles. The fourth-order valence-corrected chi connectivity index (χ4v) is 3.92. The van der Waals surface area contributed by atoms with E-state index in [-0.39, 0.29) is 0 Å². The van der Waals surface area contributed by atoms with Gasteiger partial charge in [-0.3, -0.25) is 4.99 Å². The van der Waals surface area contributed by atoms with Crippen LogP contribution in [0.5, 0.6) is 0 Å². The van der Waals surface area contributed by atoms with Gasteiger partial charge in [0.15, 0.2) is 0 Å².